The number of amides is 2. The molecule has 0 radical (unpaired) electrons. The van der Waals surface area contributed by atoms with Crippen LogP contribution in [0.25, 0.3) is 33.3 Å². The highest BCUT2D eigenvalue weighted by Gasteiger charge is 2.61. The molecule has 1 saturated heterocycles. The lowest BCUT2D eigenvalue weighted by Gasteiger charge is -2.19. The van der Waals surface area contributed by atoms with Crippen LogP contribution in [0.1, 0.15) is 45.5 Å². The Bertz CT molecular complexity index is 2160. The highest BCUT2D eigenvalue weighted by Crippen LogP contribution is 2.56. The predicted octanol–water partition coefficient (Wildman–Crippen LogP) is 8.87. The van der Waals surface area contributed by atoms with Gasteiger partial charge in [0.2, 0.25) is 11.8 Å². The van der Waals surface area contributed by atoms with Crippen molar-refractivity contribution in [2.24, 2.45) is 23.7 Å². The number of imide groups is 1. The number of anilines is 1. The van der Waals surface area contributed by atoms with Crippen LogP contribution in [0.4, 0.5) is 5.69 Å². The van der Waals surface area contributed by atoms with E-state index >= 15 is 0 Å². The van der Waals surface area contributed by atoms with Gasteiger partial charge in [-0.15, -0.1) is 0 Å². The van der Waals surface area contributed by atoms with Crippen molar-refractivity contribution < 1.29 is 23.9 Å². The smallest absolute Gasteiger partial charge is 0.339 e. The summed E-state index contributed by atoms with van der Waals surface area (Å²) in [5.74, 6) is -0.984. The molecular weight excluding hydrogens is 704 g/mol. The Hall–Kier alpha value is -4.66. The summed E-state index contributed by atoms with van der Waals surface area (Å²) in [6, 6.07) is 27.5. The zero-order valence-corrected chi connectivity index (χ0v) is 28.8. The van der Waals surface area contributed by atoms with Gasteiger partial charge in [-0.3, -0.25) is 19.3 Å². The largest absolute Gasteiger partial charge is 0.454 e. The van der Waals surface area contributed by atoms with Crippen molar-refractivity contribution in [2.45, 2.75) is 26.2 Å². The van der Waals surface area contributed by atoms with Gasteiger partial charge < -0.3 is 4.74 Å². The summed E-state index contributed by atoms with van der Waals surface area (Å²) >= 11 is 10.1. The van der Waals surface area contributed by atoms with Gasteiger partial charge in [-0.2, -0.15) is 0 Å². The molecule has 2 bridgehead atoms. The number of carbonyl (C=O) groups excluding carboxylic acids is 4. The number of ketones is 1. The van der Waals surface area contributed by atoms with Crippen molar-refractivity contribution >= 4 is 67.7 Å². The molecular formula is C40H30BrClN2O5. The Kier molecular flexibility index (Phi) is 7.96. The van der Waals surface area contributed by atoms with E-state index in [9.17, 15) is 19.2 Å². The van der Waals surface area contributed by atoms with Crippen LogP contribution in [0.3, 0.4) is 0 Å². The van der Waals surface area contributed by atoms with Crippen molar-refractivity contribution in [3.8, 4) is 22.4 Å². The van der Waals surface area contributed by atoms with E-state index in [1.807, 2.05) is 49.4 Å². The summed E-state index contributed by atoms with van der Waals surface area (Å²) in [4.78, 5) is 59.7. The number of esters is 1. The minimum absolute atomic E-state index is 0.0960. The lowest BCUT2D eigenvalue weighted by molar-refractivity contribution is -0.123. The number of aromatic nitrogens is 1. The number of Topliss-reactive ketones (excluding diaryl/α,β-unsaturated/α-hetero) is 1. The average Bonchev–Trinajstić information content (AvgIpc) is 3.83. The maximum atomic E-state index is 13.6. The van der Waals surface area contributed by atoms with Crippen molar-refractivity contribution in [1.82, 2.24) is 4.98 Å². The third-order valence-electron chi connectivity index (χ3n) is 10.4. The molecule has 49 heavy (non-hydrogen) atoms. The van der Waals surface area contributed by atoms with Gasteiger partial charge in [0, 0.05) is 21.0 Å². The topological polar surface area (TPSA) is 93.6 Å². The Morgan fingerprint density at radius 3 is 2.12 bits per heavy atom. The maximum absolute atomic E-state index is 13.6. The minimum Gasteiger partial charge on any atom is -0.454 e. The van der Waals surface area contributed by atoms with E-state index in [0.717, 1.165) is 30.4 Å². The number of ether oxygens (including phenoxy) is 1. The number of hydrogen-bond donors (Lipinski definition) is 0. The highest BCUT2D eigenvalue weighted by molar-refractivity contribution is 9.10. The summed E-state index contributed by atoms with van der Waals surface area (Å²) in [7, 11) is 0. The molecule has 7 nitrogen and oxygen atoms in total. The van der Waals surface area contributed by atoms with E-state index in [1.165, 1.54) is 4.90 Å². The molecule has 2 heterocycles. The average molecular weight is 734 g/mol. The van der Waals surface area contributed by atoms with E-state index in [1.54, 1.807) is 48.5 Å². The number of nitrogens with zero attached hydrogens (tertiary/aromatic N) is 2. The summed E-state index contributed by atoms with van der Waals surface area (Å²) in [5, 5.41) is 0.986. The third kappa shape index (κ3) is 5.38. The Balaban J connectivity index is 1.06. The van der Waals surface area contributed by atoms with Gasteiger partial charge in [-0.25, -0.2) is 9.78 Å². The first kappa shape index (κ1) is 31.6. The number of pyridine rings is 1. The zero-order chi connectivity index (χ0) is 34.0. The molecule has 244 valence electrons. The van der Waals surface area contributed by atoms with Gasteiger partial charge in [0.25, 0.3) is 0 Å². The van der Waals surface area contributed by atoms with E-state index in [0.29, 0.717) is 60.3 Å². The SMILES string of the molecule is Cc1c(Cl)c(Br)cc2c(C(=O)OCC(=O)c3ccc(-c4ccccc4)cc3)cc(-c3ccc(N4C(=O)C5C6CCC(C6)C5C4=O)cc3)nc12. The summed E-state index contributed by atoms with van der Waals surface area (Å²) in [6.07, 6.45) is 3.02. The van der Waals surface area contributed by atoms with Gasteiger partial charge in [-0.05, 0) is 94.9 Å². The predicted molar refractivity (Wildman–Crippen MR) is 191 cm³/mol. The number of halogens is 2. The van der Waals surface area contributed by atoms with E-state index < -0.39 is 12.6 Å². The van der Waals surface area contributed by atoms with Crippen LogP contribution < -0.4 is 4.90 Å². The lowest BCUT2D eigenvalue weighted by Crippen LogP contribution is -2.32. The van der Waals surface area contributed by atoms with E-state index in [-0.39, 0.29) is 35.0 Å². The van der Waals surface area contributed by atoms with E-state index in [4.69, 9.17) is 21.3 Å². The van der Waals surface area contributed by atoms with Crippen LogP contribution in [0.2, 0.25) is 5.02 Å². The lowest BCUT2D eigenvalue weighted by atomic mass is 9.81. The van der Waals surface area contributed by atoms with Crippen molar-refractivity contribution in [3.63, 3.8) is 0 Å². The first-order valence-corrected chi connectivity index (χ1v) is 17.5. The molecule has 0 spiro atoms. The summed E-state index contributed by atoms with van der Waals surface area (Å²) in [5.41, 5.74) is 5.54. The normalized spacial score (nSPS) is 21.0. The van der Waals surface area contributed by atoms with Gasteiger partial charge in [0.05, 0.1) is 39.3 Å². The molecule has 4 aromatic carbocycles. The number of rotatable bonds is 7. The zero-order valence-electron chi connectivity index (χ0n) is 26.5. The second-order valence-electron chi connectivity index (χ2n) is 13.1. The standard InChI is InChI=1S/C40H30BrClN2O5/c1-21-36(42)31(41)18-29-30(40(48)49-20-33(45)25-9-7-23(8-10-25)22-5-3-2-4-6-22)19-32(43-37(21)29)24-13-15-28(16-14-24)44-38(46)34-26-11-12-27(17-26)35(34)39(44)47/h2-10,13-16,18-19,26-27,34-35H,11-12,17,20H2,1H3. The van der Waals surface area contributed by atoms with Gasteiger partial charge in [0.1, 0.15) is 0 Å². The fourth-order valence-corrected chi connectivity index (χ4v) is 8.66. The van der Waals surface area contributed by atoms with Crippen LogP contribution in [-0.4, -0.2) is 35.2 Å². The molecule has 9 heteroatoms. The van der Waals surface area contributed by atoms with Crippen LogP contribution in [0.5, 0.6) is 0 Å². The second-order valence-corrected chi connectivity index (χ2v) is 14.4. The number of benzene rings is 4. The molecule has 2 saturated carbocycles. The molecule has 1 aliphatic heterocycles. The minimum atomic E-state index is -0.678. The number of aryl methyl sites for hydroxylation is 1. The molecule has 4 unspecified atom stereocenters. The van der Waals surface area contributed by atoms with Crippen molar-refractivity contribution in [1.29, 1.82) is 0 Å². The molecule has 3 aliphatic rings. The molecule has 2 aliphatic carbocycles. The van der Waals surface area contributed by atoms with Crippen LogP contribution in [-0.2, 0) is 14.3 Å². The molecule has 8 rings (SSSR count). The Labute approximate surface area is 296 Å². The van der Waals surface area contributed by atoms with Crippen molar-refractivity contribution in [2.75, 3.05) is 11.5 Å². The van der Waals surface area contributed by atoms with Gasteiger partial charge in [-0.1, -0.05) is 78.3 Å². The number of fused-ring (bicyclic) bond motifs is 6. The Morgan fingerprint density at radius 2 is 1.47 bits per heavy atom. The summed E-state index contributed by atoms with van der Waals surface area (Å²) < 4.78 is 6.19. The molecule has 1 aromatic heterocycles. The number of carbonyl (C=O) groups is 4. The van der Waals surface area contributed by atoms with Crippen LogP contribution in [0, 0.1) is 30.6 Å². The van der Waals surface area contributed by atoms with Crippen LogP contribution in [0.15, 0.2) is 95.5 Å². The fraction of sp³-hybridized carbons (Fsp3) is 0.225. The monoisotopic (exact) mass is 732 g/mol. The third-order valence-corrected chi connectivity index (χ3v) is 11.8. The quantitative estimate of drug-likeness (QED) is 0.0943. The molecule has 0 N–H and O–H groups in total. The van der Waals surface area contributed by atoms with Gasteiger partial charge in [0.15, 0.2) is 12.4 Å². The maximum Gasteiger partial charge on any atom is 0.339 e. The molecule has 4 atom stereocenters. The molecule has 2 amide bonds. The van der Waals surface area contributed by atoms with Crippen LogP contribution >= 0.6 is 27.5 Å². The molecule has 3 fully saturated rings. The van der Waals surface area contributed by atoms with Gasteiger partial charge >= 0.3 is 5.97 Å². The second kappa shape index (κ2) is 12.3. The first-order valence-electron chi connectivity index (χ1n) is 16.3. The number of hydrogen-bond acceptors (Lipinski definition) is 6. The summed E-state index contributed by atoms with van der Waals surface area (Å²) in [6.45, 7) is 1.38. The molecule has 5 aromatic rings. The highest BCUT2D eigenvalue weighted by atomic mass is 79.9. The van der Waals surface area contributed by atoms with E-state index in [2.05, 4.69) is 15.9 Å². The first-order chi connectivity index (χ1) is 23.7. The van der Waals surface area contributed by atoms with Crippen molar-refractivity contribution in [3.05, 3.63) is 117 Å². The Morgan fingerprint density at radius 1 is 0.857 bits per heavy atom. The fourth-order valence-electron chi connectivity index (χ4n) is 7.99.